The highest BCUT2D eigenvalue weighted by Crippen LogP contribution is 2.56. The minimum Gasteiger partial charge on any atom is -0.367 e. The Morgan fingerprint density at radius 3 is 0.833 bits per heavy atom. The third-order valence-electron chi connectivity index (χ3n) is 20.3. The van der Waals surface area contributed by atoms with Crippen LogP contribution in [-0.4, -0.2) is 118 Å². The predicted molar refractivity (Wildman–Crippen MR) is 355 cm³/mol. The fourth-order valence-electron chi connectivity index (χ4n) is 14.8. The van der Waals surface area contributed by atoms with Crippen LogP contribution in [0.3, 0.4) is 0 Å². The summed E-state index contributed by atoms with van der Waals surface area (Å²) in [4.78, 5) is 101. The second kappa shape index (κ2) is 28.4. The number of aromatic nitrogens is 6. The first-order valence-electron chi connectivity index (χ1n) is 34.1. The molecule has 3 saturated heterocycles. The molecule has 33 heteroatoms. The first-order chi connectivity index (χ1) is 48.6. The Bertz CT molecular complexity index is 3820. The first-order valence-corrected chi connectivity index (χ1v) is 34.1. The van der Waals surface area contributed by atoms with Gasteiger partial charge in [-0.05, 0) is 166 Å². The van der Waals surface area contributed by atoms with E-state index in [0.29, 0.717) is 17.1 Å². The topological polar surface area (TPSA) is 298 Å². The molecule has 540 valence electrons. The van der Waals surface area contributed by atoms with Crippen LogP contribution < -0.4 is 47.9 Å². The van der Waals surface area contributed by atoms with E-state index in [1.807, 2.05) is 69.3 Å². The third-order valence-corrected chi connectivity index (χ3v) is 20.3. The summed E-state index contributed by atoms with van der Waals surface area (Å²) in [6, 6.07) is 16.5. The molecule has 3 aromatic heterocycles. The van der Waals surface area contributed by atoms with E-state index >= 15 is 0 Å². The zero-order chi connectivity index (χ0) is 72.1. The van der Waals surface area contributed by atoms with E-state index < -0.39 is 35.2 Å². The fourth-order valence-corrected chi connectivity index (χ4v) is 14.8. The predicted octanol–water partition coefficient (Wildman–Crippen LogP) is 12.2. The SMILES string of the molecule is CC(=O)NCC(=O)N1[C@@H]2CC[C@H]1c1ccc(Nc3ncc(C(F)(F)F)c(NC4CCC4)n3)cc12.CC(=O)NCC(=O)N1[C@@H]2CC[C@H]1c1ccc(Nc3ncc(C(F)(F)F)c(NC4CCC4)n3)cc12.CC(=O)NCC(=O)N1[C@@H]2CC[C@H]1c1ccc(Nc3ncc(C(F)(F)F)c(NC4CCC4)n3)cc12. The van der Waals surface area contributed by atoms with Gasteiger partial charge in [0.2, 0.25) is 53.3 Å². The Kier molecular flexibility index (Phi) is 19.6. The lowest BCUT2D eigenvalue weighted by Crippen LogP contribution is -2.37. The van der Waals surface area contributed by atoms with Gasteiger partial charge < -0.3 is 62.6 Å². The summed E-state index contributed by atoms with van der Waals surface area (Å²) in [5.74, 6) is -1.63. The van der Waals surface area contributed by atoms with Crippen LogP contribution in [0.4, 0.5) is 91.9 Å². The largest absolute Gasteiger partial charge is 0.421 e. The average Bonchev–Trinajstić information content (AvgIpc) is 1.59. The van der Waals surface area contributed by atoms with Crippen LogP contribution in [0.15, 0.2) is 73.2 Å². The van der Waals surface area contributed by atoms with E-state index in [4.69, 9.17) is 0 Å². The monoisotopic (exact) mass is 1420 g/mol. The number of hydrogen-bond donors (Lipinski definition) is 9. The smallest absolute Gasteiger partial charge is 0.367 e. The van der Waals surface area contributed by atoms with E-state index in [9.17, 15) is 68.3 Å². The molecule has 6 bridgehead atoms. The van der Waals surface area contributed by atoms with Gasteiger partial charge in [0.15, 0.2) is 0 Å². The molecule has 6 aliphatic heterocycles. The Morgan fingerprint density at radius 1 is 0.373 bits per heavy atom. The minimum atomic E-state index is -4.55. The standard InChI is InChI=1S/3C23H25F3N6O2/c3*1-12(33)27-11-20(34)32-18-7-8-19(32)16-9-14(5-6-15(16)18)30-22-28-10-17(23(24,25)26)21(31-22)29-13-3-2-4-13/h3*5-6,9-10,13,18-19H,2-4,7-8,11H2,1H3,(H,27,33)(H2,28,29,30,31)/t3*18-,19+/m000/s1. The fraction of sp³-hybridized carbons (Fsp3) is 0.478. The molecule has 9 aliphatic rings. The van der Waals surface area contributed by atoms with Crippen LogP contribution in [0.25, 0.3) is 0 Å². The number of carbonyl (C=O) groups excluding carboxylic acids is 6. The molecule has 6 atom stereocenters. The van der Waals surface area contributed by atoms with E-state index in [1.54, 1.807) is 0 Å². The maximum Gasteiger partial charge on any atom is 0.421 e. The van der Waals surface area contributed by atoms with Crippen molar-refractivity contribution in [2.75, 3.05) is 51.5 Å². The highest BCUT2D eigenvalue weighted by atomic mass is 19.4. The first kappa shape index (κ1) is 70.3. The van der Waals surface area contributed by atoms with E-state index in [2.05, 4.69) is 77.8 Å². The second-order valence-electron chi connectivity index (χ2n) is 27.0. The lowest BCUT2D eigenvalue weighted by atomic mass is 9.91. The Hall–Kier alpha value is -10.1. The zero-order valence-corrected chi connectivity index (χ0v) is 55.7. The van der Waals surface area contributed by atoms with Gasteiger partial charge in [0, 0.05) is 74.5 Å². The van der Waals surface area contributed by atoms with Crippen LogP contribution in [0.2, 0.25) is 0 Å². The maximum absolute atomic E-state index is 13.4. The van der Waals surface area contributed by atoms with Crippen LogP contribution in [0, 0.1) is 0 Å². The zero-order valence-electron chi connectivity index (χ0n) is 55.7. The van der Waals surface area contributed by atoms with Gasteiger partial charge in [-0.2, -0.15) is 54.5 Å². The summed E-state index contributed by atoms with van der Waals surface area (Å²) >= 11 is 0. The van der Waals surface area contributed by atoms with Crippen molar-refractivity contribution in [3.63, 3.8) is 0 Å². The van der Waals surface area contributed by atoms with E-state index in [1.165, 1.54) is 20.8 Å². The lowest BCUT2D eigenvalue weighted by Gasteiger charge is -2.28. The number of alkyl halides is 9. The number of nitrogens with one attached hydrogen (secondary N) is 9. The van der Waals surface area contributed by atoms with Crippen molar-refractivity contribution in [1.82, 2.24) is 60.6 Å². The molecule has 24 nitrogen and oxygen atoms in total. The summed E-state index contributed by atoms with van der Waals surface area (Å²) in [5.41, 5.74) is 5.40. The number of fused-ring (bicyclic) bond motifs is 15. The highest BCUT2D eigenvalue weighted by molar-refractivity contribution is 5.87. The number of benzene rings is 3. The van der Waals surface area contributed by atoms with Gasteiger partial charge in [-0.3, -0.25) is 28.8 Å². The Labute approximate surface area is 579 Å². The van der Waals surface area contributed by atoms with Crippen LogP contribution in [-0.2, 0) is 47.3 Å². The van der Waals surface area contributed by atoms with Crippen molar-refractivity contribution in [2.45, 2.75) is 190 Å². The van der Waals surface area contributed by atoms with Crippen molar-refractivity contribution in [3.05, 3.63) is 123 Å². The lowest BCUT2D eigenvalue weighted by molar-refractivity contribution is -0.138. The summed E-state index contributed by atoms with van der Waals surface area (Å²) in [7, 11) is 0. The third kappa shape index (κ3) is 15.0. The molecule has 102 heavy (non-hydrogen) atoms. The molecule has 3 aromatic carbocycles. The van der Waals surface area contributed by atoms with Crippen molar-refractivity contribution < 1.29 is 68.3 Å². The van der Waals surface area contributed by atoms with Gasteiger partial charge in [0.25, 0.3) is 0 Å². The molecule has 9 heterocycles. The highest BCUT2D eigenvalue weighted by Gasteiger charge is 2.50. The molecular weight excluding hydrogens is 1350 g/mol. The quantitative estimate of drug-likeness (QED) is 0.0361. The van der Waals surface area contributed by atoms with Crippen LogP contribution in [0.5, 0.6) is 0 Å². The van der Waals surface area contributed by atoms with Crippen LogP contribution in [0.1, 0.15) is 203 Å². The van der Waals surface area contributed by atoms with Gasteiger partial charge in [-0.1, -0.05) is 18.2 Å². The molecule has 0 radical (unpaired) electrons. The Balaban J connectivity index is 0.000000137. The summed E-state index contributed by atoms with van der Waals surface area (Å²) in [5, 5.41) is 25.4. The van der Waals surface area contributed by atoms with Gasteiger partial charge in [-0.25, -0.2) is 15.0 Å². The number of anilines is 9. The number of hydrogen-bond acceptors (Lipinski definition) is 18. The van der Waals surface area contributed by atoms with E-state index in [0.717, 1.165) is 148 Å². The molecule has 3 aliphatic carbocycles. The molecular formula is C69H75F9N18O6. The molecule has 6 amide bonds. The number of rotatable bonds is 18. The summed E-state index contributed by atoms with van der Waals surface area (Å²) < 4.78 is 121. The van der Waals surface area contributed by atoms with Gasteiger partial charge in [0.05, 0.1) is 55.9 Å². The molecule has 3 saturated carbocycles. The molecule has 15 rings (SSSR count). The van der Waals surface area contributed by atoms with Crippen molar-refractivity contribution in [2.24, 2.45) is 0 Å². The van der Waals surface area contributed by atoms with Crippen molar-refractivity contribution >= 4 is 87.8 Å². The maximum atomic E-state index is 13.4. The van der Waals surface area contributed by atoms with E-state index in [-0.39, 0.29) is 145 Å². The van der Waals surface area contributed by atoms with Crippen LogP contribution >= 0.6 is 0 Å². The molecule has 6 aromatic rings. The van der Waals surface area contributed by atoms with Crippen molar-refractivity contribution in [1.29, 1.82) is 0 Å². The van der Waals surface area contributed by atoms with Crippen molar-refractivity contribution in [3.8, 4) is 0 Å². The number of carbonyl (C=O) groups is 6. The normalized spacial score (nSPS) is 21.1. The average molecular weight is 1420 g/mol. The van der Waals surface area contributed by atoms with Gasteiger partial charge in [0.1, 0.15) is 34.1 Å². The van der Waals surface area contributed by atoms with Gasteiger partial charge in [-0.15, -0.1) is 0 Å². The molecule has 0 unspecified atom stereocenters. The Morgan fingerprint density at radius 2 is 0.618 bits per heavy atom. The minimum absolute atomic E-state index is 0.0135. The molecule has 6 fully saturated rings. The number of nitrogens with zero attached hydrogens (tertiary/aromatic N) is 9. The molecule has 9 N–H and O–H groups in total. The number of halogens is 9. The molecule has 0 spiro atoms. The van der Waals surface area contributed by atoms with Gasteiger partial charge >= 0.3 is 18.5 Å². The summed E-state index contributed by atoms with van der Waals surface area (Å²) in [6.07, 6.45) is 1.60. The summed E-state index contributed by atoms with van der Waals surface area (Å²) in [6.45, 7) is 3.98. The second-order valence-corrected chi connectivity index (χ2v) is 27.0. The number of amides is 6.